The van der Waals surface area contributed by atoms with Crippen molar-refractivity contribution in [1.82, 2.24) is 0 Å². The second-order valence-corrected chi connectivity index (χ2v) is 5.56. The van der Waals surface area contributed by atoms with Gasteiger partial charge in [-0.25, -0.2) is 0 Å². The molecule has 0 unspecified atom stereocenters. The van der Waals surface area contributed by atoms with E-state index in [0.717, 1.165) is 39.3 Å². The number of hydrogen-bond donors (Lipinski definition) is 0. The van der Waals surface area contributed by atoms with Gasteiger partial charge in [-0.15, -0.1) is 0 Å². The molecule has 2 aromatic carbocycles. The number of benzene rings is 2. The van der Waals surface area contributed by atoms with Crippen LogP contribution in [0, 0.1) is 0 Å². The summed E-state index contributed by atoms with van der Waals surface area (Å²) in [5.74, 6) is 1.60. The molecule has 0 N–H and O–H groups in total. The first kappa shape index (κ1) is 13.2. The summed E-state index contributed by atoms with van der Waals surface area (Å²) in [5.41, 5.74) is 5.24. The van der Waals surface area contributed by atoms with Gasteiger partial charge in [-0.1, -0.05) is 17.7 Å². The summed E-state index contributed by atoms with van der Waals surface area (Å²) in [6.45, 7) is 0. The molecule has 0 saturated carbocycles. The maximum Gasteiger partial charge on any atom is 0.119 e. The number of ether oxygens (including phenoxy) is 2. The average Bonchev–Trinajstić information content (AvgIpc) is 2.79. The van der Waals surface area contributed by atoms with Crippen molar-refractivity contribution in [2.24, 2.45) is 0 Å². The van der Waals surface area contributed by atoms with Gasteiger partial charge in [0, 0.05) is 0 Å². The van der Waals surface area contributed by atoms with Gasteiger partial charge < -0.3 is 39.0 Å². The second-order valence-electron chi connectivity index (χ2n) is 4.49. The van der Waals surface area contributed by atoms with Gasteiger partial charge in [0.1, 0.15) is 11.5 Å². The number of rotatable bonds is 2. The molecule has 102 valence electrons. The van der Waals surface area contributed by atoms with Gasteiger partial charge in [-0.3, -0.25) is 0 Å². The summed E-state index contributed by atoms with van der Waals surface area (Å²) in [4.78, 5) is 0. The quantitative estimate of drug-likeness (QED) is 0.674. The molecule has 0 saturated heterocycles. The van der Waals surface area contributed by atoms with Crippen LogP contribution in [0.15, 0.2) is 40.6 Å². The third kappa shape index (κ3) is 1.92. The van der Waals surface area contributed by atoms with E-state index in [9.17, 15) is 0 Å². The minimum absolute atomic E-state index is 0.464. The molecule has 0 aromatic heterocycles. The Labute approximate surface area is 129 Å². The zero-order valence-corrected chi connectivity index (χ0v) is 12.7. The second kappa shape index (κ2) is 4.96. The van der Waals surface area contributed by atoms with E-state index in [1.807, 2.05) is 36.4 Å². The molecule has 0 fully saturated rings. The molecule has 4 heteroatoms. The molecule has 0 bridgehead atoms. The Hall–Kier alpha value is -1.78. The fourth-order valence-electron chi connectivity index (χ4n) is 2.55. The topological polar surface area (TPSA) is 18.5 Å². The summed E-state index contributed by atoms with van der Waals surface area (Å²) in [6.07, 6.45) is 0. The third-order valence-corrected chi connectivity index (χ3v) is 3.89. The Morgan fingerprint density at radius 3 is 1.55 bits per heavy atom. The maximum atomic E-state index is 5.30. The molecule has 1 aliphatic rings. The lowest BCUT2D eigenvalue weighted by Gasteiger charge is -2.25. The van der Waals surface area contributed by atoms with Crippen LogP contribution in [-0.4, -0.2) is 14.2 Å². The van der Waals surface area contributed by atoms with E-state index >= 15 is 0 Å². The summed E-state index contributed by atoms with van der Waals surface area (Å²) >= 11 is 10.5. The van der Waals surface area contributed by atoms with Crippen LogP contribution in [0.3, 0.4) is 0 Å². The molecule has 0 aliphatic heterocycles. The Bertz CT molecular complexity index is 661. The van der Waals surface area contributed by atoms with Crippen molar-refractivity contribution in [2.75, 3.05) is 14.2 Å². The fraction of sp³-hybridized carbons (Fsp3) is 0.125. The molecular weight excluding hydrogens is 288 g/mol. The van der Waals surface area contributed by atoms with Gasteiger partial charge >= 0.3 is 0 Å². The highest BCUT2D eigenvalue weighted by atomic mass is 32.2. The van der Waals surface area contributed by atoms with E-state index < -0.39 is 0 Å². The molecule has 0 amide bonds. The van der Waals surface area contributed by atoms with Crippen LogP contribution in [0.5, 0.6) is 11.5 Å². The normalized spacial score (nSPS) is 11.8. The zero-order valence-electron chi connectivity index (χ0n) is 11.1. The molecule has 0 atom stereocenters. The SMILES string of the molecule is COc1ccc2c(c1)C(=C([S-])[S-])c1cc(OC)ccc1-2. The molecule has 2 nitrogen and oxygen atoms in total. The van der Waals surface area contributed by atoms with E-state index in [-0.39, 0.29) is 0 Å². The zero-order chi connectivity index (χ0) is 14.3. The van der Waals surface area contributed by atoms with Gasteiger partial charge in [0.05, 0.1) is 14.2 Å². The van der Waals surface area contributed by atoms with Crippen LogP contribution in [0.4, 0.5) is 0 Å². The van der Waals surface area contributed by atoms with Gasteiger partial charge in [-0.05, 0) is 46.5 Å². The van der Waals surface area contributed by atoms with Gasteiger partial charge in [0.2, 0.25) is 0 Å². The lowest BCUT2D eigenvalue weighted by molar-refractivity contribution is 0.414. The predicted octanol–water partition coefficient (Wildman–Crippen LogP) is 3.49. The smallest absolute Gasteiger partial charge is 0.119 e. The van der Waals surface area contributed by atoms with Crippen LogP contribution >= 0.6 is 0 Å². The number of methoxy groups -OCH3 is 2. The summed E-state index contributed by atoms with van der Waals surface area (Å²) < 4.78 is 11.1. The summed E-state index contributed by atoms with van der Waals surface area (Å²) in [5, 5.41) is 0. The van der Waals surface area contributed by atoms with Crippen LogP contribution in [-0.2, 0) is 25.3 Å². The first-order valence-corrected chi connectivity index (χ1v) is 6.93. The van der Waals surface area contributed by atoms with Crippen molar-refractivity contribution in [3.63, 3.8) is 0 Å². The average molecular weight is 300 g/mol. The van der Waals surface area contributed by atoms with E-state index in [4.69, 9.17) is 34.7 Å². The van der Waals surface area contributed by atoms with Crippen molar-refractivity contribution in [1.29, 1.82) is 0 Å². The van der Waals surface area contributed by atoms with Gasteiger partial charge in [0.25, 0.3) is 0 Å². The molecule has 1 aliphatic carbocycles. The van der Waals surface area contributed by atoms with Crippen LogP contribution < -0.4 is 9.47 Å². The Morgan fingerprint density at radius 1 is 0.750 bits per heavy atom. The molecule has 3 rings (SSSR count). The van der Waals surface area contributed by atoms with E-state index in [0.29, 0.717) is 4.24 Å². The van der Waals surface area contributed by atoms with E-state index in [1.54, 1.807) is 14.2 Å². The molecule has 0 heterocycles. The Balaban J connectivity index is 2.31. The Morgan fingerprint density at radius 2 is 1.20 bits per heavy atom. The highest BCUT2D eigenvalue weighted by Gasteiger charge is 2.22. The molecule has 0 spiro atoms. The maximum absolute atomic E-state index is 5.30. The molecular formula is C16H12O2S2-2. The van der Waals surface area contributed by atoms with Crippen molar-refractivity contribution in [2.45, 2.75) is 0 Å². The van der Waals surface area contributed by atoms with Crippen molar-refractivity contribution >= 4 is 30.8 Å². The van der Waals surface area contributed by atoms with Crippen molar-refractivity contribution in [3.05, 3.63) is 51.8 Å². The highest BCUT2D eigenvalue weighted by Crippen LogP contribution is 2.47. The van der Waals surface area contributed by atoms with Crippen molar-refractivity contribution in [3.8, 4) is 22.6 Å². The Kier molecular flexibility index (Phi) is 3.28. The molecule has 0 radical (unpaired) electrons. The summed E-state index contributed by atoms with van der Waals surface area (Å²) in [7, 11) is 3.30. The van der Waals surface area contributed by atoms with E-state index in [2.05, 4.69) is 0 Å². The lowest BCUT2D eigenvalue weighted by Crippen LogP contribution is -1.89. The summed E-state index contributed by atoms with van der Waals surface area (Å²) in [6, 6.07) is 11.9. The third-order valence-electron chi connectivity index (χ3n) is 3.49. The predicted molar refractivity (Wildman–Crippen MR) is 85.7 cm³/mol. The van der Waals surface area contributed by atoms with Gasteiger partial charge in [-0.2, -0.15) is 0 Å². The van der Waals surface area contributed by atoms with E-state index in [1.165, 1.54) is 0 Å². The van der Waals surface area contributed by atoms with Crippen LogP contribution in [0.25, 0.3) is 16.7 Å². The monoisotopic (exact) mass is 300 g/mol. The minimum Gasteiger partial charge on any atom is -0.807 e. The van der Waals surface area contributed by atoms with Crippen LogP contribution in [0.1, 0.15) is 11.1 Å². The minimum atomic E-state index is 0.464. The fourth-order valence-corrected chi connectivity index (χ4v) is 2.99. The largest absolute Gasteiger partial charge is 0.807 e. The standard InChI is InChI=1S/C16H14O2S2/c1-17-9-3-5-11-12-6-4-10(18-2)8-14(12)15(16(19)20)13(11)7-9/h3-8,19-20H,1-2H3/p-2. The number of hydrogen-bond acceptors (Lipinski definition) is 4. The highest BCUT2D eigenvalue weighted by molar-refractivity contribution is 7.85. The molecule has 2 aromatic rings. The van der Waals surface area contributed by atoms with Crippen LogP contribution in [0.2, 0.25) is 0 Å². The first-order chi connectivity index (χ1) is 9.65. The molecule has 20 heavy (non-hydrogen) atoms. The first-order valence-electron chi connectivity index (χ1n) is 6.11. The van der Waals surface area contributed by atoms with Crippen molar-refractivity contribution < 1.29 is 9.47 Å². The lowest BCUT2D eigenvalue weighted by atomic mass is 10.1. The number of fused-ring (bicyclic) bond motifs is 3. The van der Waals surface area contributed by atoms with Gasteiger partial charge in [0.15, 0.2) is 0 Å².